The maximum Gasteiger partial charge on any atom is 0.221 e. The van der Waals surface area contributed by atoms with E-state index in [1.165, 1.54) is 0 Å². The second-order valence-electron chi connectivity index (χ2n) is 4.16. The number of carbonyl (C=O) groups excluding carboxylic acids is 1. The summed E-state index contributed by atoms with van der Waals surface area (Å²) >= 11 is 0. The molecule has 1 aromatic rings. The van der Waals surface area contributed by atoms with E-state index in [0.717, 1.165) is 30.8 Å². The highest BCUT2D eigenvalue weighted by Crippen LogP contribution is 2.13. The van der Waals surface area contributed by atoms with E-state index < -0.39 is 0 Å². The van der Waals surface area contributed by atoms with Crippen molar-refractivity contribution in [3.8, 4) is 5.75 Å². The Morgan fingerprint density at radius 2 is 2.28 bits per heavy atom. The predicted molar refractivity (Wildman–Crippen MR) is 72.4 cm³/mol. The highest BCUT2D eigenvalue weighted by atomic mass is 16.5. The lowest BCUT2D eigenvalue weighted by atomic mass is 10.2. The summed E-state index contributed by atoms with van der Waals surface area (Å²) < 4.78 is 5.61. The normalized spacial score (nSPS) is 10.1. The molecule has 1 amide bonds. The highest BCUT2D eigenvalue weighted by Gasteiger charge is 2.01. The van der Waals surface area contributed by atoms with Crippen molar-refractivity contribution in [2.24, 2.45) is 5.73 Å². The van der Waals surface area contributed by atoms with Crippen LogP contribution in [-0.4, -0.2) is 19.1 Å². The molecule has 0 atom stereocenters. The number of nitrogens with two attached hydrogens (primary N) is 1. The van der Waals surface area contributed by atoms with Crippen LogP contribution in [0, 0.1) is 0 Å². The minimum Gasteiger partial charge on any atom is -0.494 e. The molecule has 3 N–H and O–H groups in total. The topological polar surface area (TPSA) is 64.3 Å². The lowest BCUT2D eigenvalue weighted by Crippen LogP contribution is -2.24. The Balaban J connectivity index is 2.41. The van der Waals surface area contributed by atoms with Gasteiger partial charge in [-0.15, -0.1) is 0 Å². The molecule has 0 aromatic heterocycles. The summed E-state index contributed by atoms with van der Waals surface area (Å²) in [5.41, 5.74) is 6.35. The zero-order chi connectivity index (χ0) is 13.2. The molecule has 0 bridgehead atoms. The summed E-state index contributed by atoms with van der Waals surface area (Å²) in [7, 11) is 0. The second kappa shape index (κ2) is 8.53. The van der Waals surface area contributed by atoms with Gasteiger partial charge in [0.1, 0.15) is 5.75 Å². The monoisotopic (exact) mass is 250 g/mol. The van der Waals surface area contributed by atoms with Gasteiger partial charge in [0.15, 0.2) is 0 Å². The smallest absolute Gasteiger partial charge is 0.221 e. The number of hydrogen-bond acceptors (Lipinski definition) is 3. The van der Waals surface area contributed by atoms with Gasteiger partial charge in [0, 0.05) is 19.5 Å². The van der Waals surface area contributed by atoms with Crippen molar-refractivity contribution in [2.75, 3.05) is 13.2 Å². The van der Waals surface area contributed by atoms with Gasteiger partial charge >= 0.3 is 0 Å². The fourth-order valence-electron chi connectivity index (χ4n) is 1.50. The zero-order valence-electron chi connectivity index (χ0n) is 10.9. The molecule has 0 saturated carbocycles. The minimum atomic E-state index is -0.0187. The van der Waals surface area contributed by atoms with Crippen LogP contribution in [0.1, 0.15) is 31.7 Å². The molecule has 4 nitrogen and oxygen atoms in total. The predicted octanol–water partition coefficient (Wildman–Crippen LogP) is 1.83. The quantitative estimate of drug-likeness (QED) is 0.692. The Hall–Kier alpha value is -1.55. The first-order valence-corrected chi connectivity index (χ1v) is 6.44. The van der Waals surface area contributed by atoms with Crippen LogP contribution >= 0.6 is 0 Å². The van der Waals surface area contributed by atoms with E-state index in [2.05, 4.69) is 12.2 Å². The molecule has 1 aromatic carbocycles. The molecule has 18 heavy (non-hydrogen) atoms. The largest absolute Gasteiger partial charge is 0.494 e. The van der Waals surface area contributed by atoms with Gasteiger partial charge in [-0.1, -0.05) is 25.5 Å². The summed E-state index contributed by atoms with van der Waals surface area (Å²) in [5, 5.41) is 2.82. The molecule has 0 aliphatic rings. The van der Waals surface area contributed by atoms with Crippen LogP contribution < -0.4 is 15.8 Å². The summed E-state index contributed by atoms with van der Waals surface area (Å²) in [6.07, 6.45) is 2.54. The Morgan fingerprint density at radius 3 is 3.00 bits per heavy atom. The Bertz CT molecular complexity index is 367. The van der Waals surface area contributed by atoms with Crippen LogP contribution in [0.5, 0.6) is 5.75 Å². The molecular weight excluding hydrogens is 228 g/mol. The molecule has 100 valence electrons. The lowest BCUT2D eigenvalue weighted by molar-refractivity contribution is -0.121. The van der Waals surface area contributed by atoms with E-state index in [1.54, 1.807) is 0 Å². The standard InChI is InChI=1S/C14H22N2O2/c1-2-3-9-18-13-6-4-5-12(10-13)11-16-14(17)7-8-15/h4-6,10H,2-3,7-9,11,15H2,1H3,(H,16,17). The number of carbonyl (C=O) groups is 1. The zero-order valence-corrected chi connectivity index (χ0v) is 10.9. The van der Waals surface area contributed by atoms with E-state index in [-0.39, 0.29) is 5.91 Å². The maximum absolute atomic E-state index is 11.3. The van der Waals surface area contributed by atoms with Gasteiger partial charge < -0.3 is 15.8 Å². The molecule has 0 unspecified atom stereocenters. The van der Waals surface area contributed by atoms with Gasteiger partial charge in [-0.25, -0.2) is 0 Å². The number of rotatable bonds is 8. The van der Waals surface area contributed by atoms with Gasteiger partial charge in [0.2, 0.25) is 5.91 Å². The summed E-state index contributed by atoms with van der Waals surface area (Å²) in [5.74, 6) is 0.837. The van der Waals surface area contributed by atoms with Crippen molar-refractivity contribution in [1.82, 2.24) is 5.32 Å². The molecule has 0 radical (unpaired) electrons. The lowest BCUT2D eigenvalue weighted by Gasteiger charge is -2.08. The third kappa shape index (κ3) is 5.68. The number of nitrogens with one attached hydrogen (secondary N) is 1. The van der Waals surface area contributed by atoms with E-state index in [1.807, 2.05) is 24.3 Å². The fraction of sp³-hybridized carbons (Fsp3) is 0.500. The van der Waals surface area contributed by atoms with Crippen molar-refractivity contribution in [3.05, 3.63) is 29.8 Å². The van der Waals surface area contributed by atoms with Gasteiger partial charge in [0.05, 0.1) is 6.61 Å². The maximum atomic E-state index is 11.3. The molecule has 0 spiro atoms. The molecule has 0 aliphatic heterocycles. The van der Waals surface area contributed by atoms with Crippen LogP contribution in [0.2, 0.25) is 0 Å². The van der Waals surface area contributed by atoms with Crippen LogP contribution in [0.25, 0.3) is 0 Å². The fourth-order valence-corrected chi connectivity index (χ4v) is 1.50. The summed E-state index contributed by atoms with van der Waals surface area (Å²) in [6, 6.07) is 7.79. The average molecular weight is 250 g/mol. The van der Waals surface area contributed by atoms with Crippen molar-refractivity contribution in [3.63, 3.8) is 0 Å². The number of ether oxygens (including phenoxy) is 1. The first-order valence-electron chi connectivity index (χ1n) is 6.44. The van der Waals surface area contributed by atoms with Gasteiger partial charge in [0.25, 0.3) is 0 Å². The summed E-state index contributed by atoms with van der Waals surface area (Å²) in [6.45, 7) is 3.77. The van der Waals surface area contributed by atoms with Crippen LogP contribution in [0.15, 0.2) is 24.3 Å². The minimum absolute atomic E-state index is 0.0187. The van der Waals surface area contributed by atoms with E-state index in [9.17, 15) is 4.79 Å². The summed E-state index contributed by atoms with van der Waals surface area (Å²) in [4.78, 5) is 11.3. The third-order valence-electron chi connectivity index (χ3n) is 2.53. The molecular formula is C14H22N2O2. The van der Waals surface area contributed by atoms with E-state index in [0.29, 0.717) is 19.5 Å². The number of unbranched alkanes of at least 4 members (excludes halogenated alkanes) is 1. The van der Waals surface area contributed by atoms with Gasteiger partial charge in [-0.2, -0.15) is 0 Å². The second-order valence-corrected chi connectivity index (χ2v) is 4.16. The Kier molecular flexibility index (Phi) is 6.87. The van der Waals surface area contributed by atoms with Crippen molar-refractivity contribution >= 4 is 5.91 Å². The molecule has 0 saturated heterocycles. The first-order chi connectivity index (χ1) is 8.76. The molecule has 1 rings (SSSR count). The van der Waals surface area contributed by atoms with Crippen LogP contribution in [0.3, 0.4) is 0 Å². The Labute approximate surface area is 109 Å². The van der Waals surface area contributed by atoms with Gasteiger partial charge in [-0.05, 0) is 24.1 Å². The number of hydrogen-bond donors (Lipinski definition) is 2. The average Bonchev–Trinajstić information content (AvgIpc) is 2.38. The van der Waals surface area contributed by atoms with Crippen LogP contribution in [-0.2, 0) is 11.3 Å². The Morgan fingerprint density at radius 1 is 1.44 bits per heavy atom. The molecule has 0 fully saturated rings. The van der Waals surface area contributed by atoms with Crippen molar-refractivity contribution in [2.45, 2.75) is 32.7 Å². The van der Waals surface area contributed by atoms with Crippen LogP contribution in [0.4, 0.5) is 0 Å². The van der Waals surface area contributed by atoms with E-state index >= 15 is 0 Å². The van der Waals surface area contributed by atoms with Crippen molar-refractivity contribution in [1.29, 1.82) is 0 Å². The SMILES string of the molecule is CCCCOc1cccc(CNC(=O)CCN)c1. The third-order valence-corrected chi connectivity index (χ3v) is 2.53. The van der Waals surface area contributed by atoms with Crippen molar-refractivity contribution < 1.29 is 9.53 Å². The number of benzene rings is 1. The van der Waals surface area contributed by atoms with Gasteiger partial charge in [-0.3, -0.25) is 4.79 Å². The first kappa shape index (κ1) is 14.5. The molecule has 4 heteroatoms. The molecule has 0 aliphatic carbocycles. The molecule has 0 heterocycles. The number of amides is 1. The van der Waals surface area contributed by atoms with E-state index in [4.69, 9.17) is 10.5 Å². The highest BCUT2D eigenvalue weighted by molar-refractivity contribution is 5.76.